The summed E-state index contributed by atoms with van der Waals surface area (Å²) in [5, 5.41) is 10.4. The number of carbonyl (C=O) groups is 1. The molecular formula is C21H32O3. The van der Waals surface area contributed by atoms with Gasteiger partial charge in [-0.2, -0.15) is 0 Å². The zero-order valence-corrected chi connectivity index (χ0v) is 15.2. The first-order valence-corrected chi connectivity index (χ1v) is 10.3. The minimum atomic E-state index is -0.232. The molecule has 134 valence electrons. The lowest BCUT2D eigenvalue weighted by atomic mass is 9.44. The molecule has 24 heavy (non-hydrogen) atoms. The standard InChI is InChI=1S/C21H32O3/c1-12(22)14-5-6-15-13-3-4-17-19-18(23)8-10-21(17,11-24-19)16(13)7-9-20(14,15)2/h13-19,23H,3-11H2,1-2H3/t13-,14+,15-,16-,17-,18+,19+,20+,21-/m0/s1. The van der Waals surface area contributed by atoms with Gasteiger partial charge in [0.2, 0.25) is 0 Å². The van der Waals surface area contributed by atoms with Crippen molar-refractivity contribution >= 4 is 5.78 Å². The normalized spacial score (nSPS) is 58.7. The third-order valence-electron chi connectivity index (χ3n) is 9.44. The number of ketones is 1. The Labute approximate surface area is 145 Å². The van der Waals surface area contributed by atoms with Crippen molar-refractivity contribution in [1.29, 1.82) is 0 Å². The van der Waals surface area contributed by atoms with E-state index in [0.717, 1.165) is 43.6 Å². The number of hydrogen-bond donors (Lipinski definition) is 1. The van der Waals surface area contributed by atoms with Crippen LogP contribution in [0.1, 0.15) is 65.2 Å². The number of aliphatic hydroxyl groups excluding tert-OH is 1. The maximum Gasteiger partial charge on any atom is 0.133 e. The topological polar surface area (TPSA) is 46.5 Å². The molecule has 4 aliphatic carbocycles. The Hall–Kier alpha value is -0.410. The summed E-state index contributed by atoms with van der Waals surface area (Å²) in [7, 11) is 0. The highest BCUT2D eigenvalue weighted by molar-refractivity contribution is 5.79. The highest BCUT2D eigenvalue weighted by Gasteiger charge is 2.66. The van der Waals surface area contributed by atoms with Gasteiger partial charge in [0.1, 0.15) is 5.78 Å². The molecule has 1 N–H and O–H groups in total. The largest absolute Gasteiger partial charge is 0.390 e. The minimum absolute atomic E-state index is 0.113. The summed E-state index contributed by atoms with van der Waals surface area (Å²) < 4.78 is 6.17. The van der Waals surface area contributed by atoms with Gasteiger partial charge < -0.3 is 9.84 Å². The van der Waals surface area contributed by atoms with Crippen LogP contribution in [-0.2, 0) is 9.53 Å². The number of fused-ring (bicyclic) bond motifs is 3. The summed E-state index contributed by atoms with van der Waals surface area (Å²) in [5.41, 5.74) is 0.603. The first-order valence-electron chi connectivity index (χ1n) is 10.3. The van der Waals surface area contributed by atoms with Crippen LogP contribution in [0.5, 0.6) is 0 Å². The molecule has 3 nitrogen and oxygen atoms in total. The van der Waals surface area contributed by atoms with E-state index in [2.05, 4.69) is 6.92 Å². The number of carbonyl (C=O) groups excluding carboxylic acids is 1. The third kappa shape index (κ3) is 1.79. The second-order valence-corrected chi connectivity index (χ2v) is 9.96. The molecule has 9 atom stereocenters. The molecule has 5 rings (SSSR count). The molecular weight excluding hydrogens is 300 g/mol. The van der Waals surface area contributed by atoms with Crippen molar-refractivity contribution in [3.63, 3.8) is 0 Å². The quantitative estimate of drug-likeness (QED) is 0.798. The van der Waals surface area contributed by atoms with E-state index in [1.807, 2.05) is 6.92 Å². The molecule has 0 amide bonds. The SMILES string of the molecule is CC(=O)[C@H]1CC[C@H]2[C@@H]3CC[C@H]4[C@H]5OC[C@@]4(CC[C@H]5O)[C@H]3CC[C@]12C. The summed E-state index contributed by atoms with van der Waals surface area (Å²) in [6.45, 7) is 5.13. The first kappa shape index (κ1) is 15.8. The predicted molar refractivity (Wildman–Crippen MR) is 91.4 cm³/mol. The van der Waals surface area contributed by atoms with Gasteiger partial charge in [-0.15, -0.1) is 0 Å². The zero-order valence-electron chi connectivity index (χ0n) is 15.2. The van der Waals surface area contributed by atoms with Crippen LogP contribution in [0.25, 0.3) is 0 Å². The van der Waals surface area contributed by atoms with Gasteiger partial charge in [-0.1, -0.05) is 6.92 Å². The molecule has 1 heterocycles. The molecule has 0 aromatic heterocycles. The van der Waals surface area contributed by atoms with Gasteiger partial charge in [0.15, 0.2) is 0 Å². The van der Waals surface area contributed by atoms with Crippen LogP contribution in [0.3, 0.4) is 0 Å². The van der Waals surface area contributed by atoms with Gasteiger partial charge in [0.05, 0.1) is 18.8 Å². The molecule has 2 bridgehead atoms. The monoisotopic (exact) mass is 332 g/mol. The second-order valence-electron chi connectivity index (χ2n) is 9.96. The Morgan fingerprint density at radius 3 is 2.58 bits per heavy atom. The van der Waals surface area contributed by atoms with Crippen LogP contribution in [0.15, 0.2) is 0 Å². The fourth-order valence-electron chi connectivity index (χ4n) is 8.48. The number of aliphatic hydroxyl groups is 1. The number of Topliss-reactive ketones (excluding diaryl/α,β-unsaturated/α-hetero) is 1. The lowest BCUT2D eigenvalue weighted by Gasteiger charge is -2.59. The highest BCUT2D eigenvalue weighted by atomic mass is 16.5. The average Bonchev–Trinajstić information content (AvgIpc) is 3.05. The summed E-state index contributed by atoms with van der Waals surface area (Å²) in [6, 6.07) is 0. The summed E-state index contributed by atoms with van der Waals surface area (Å²) in [6.07, 6.45) is 9.40. The highest BCUT2D eigenvalue weighted by Crippen LogP contribution is 2.69. The second kappa shape index (κ2) is 5.07. The Balaban J connectivity index is 1.47. The van der Waals surface area contributed by atoms with E-state index in [-0.39, 0.29) is 17.6 Å². The lowest BCUT2D eigenvalue weighted by molar-refractivity contribution is -0.134. The number of ether oxygens (including phenoxy) is 1. The van der Waals surface area contributed by atoms with Crippen molar-refractivity contribution in [3.8, 4) is 0 Å². The molecule has 0 spiro atoms. The van der Waals surface area contributed by atoms with E-state index < -0.39 is 0 Å². The van der Waals surface area contributed by atoms with Crippen molar-refractivity contribution in [2.75, 3.05) is 6.61 Å². The van der Waals surface area contributed by atoms with Gasteiger partial charge in [0, 0.05) is 11.3 Å². The Bertz CT molecular complexity index is 559. The van der Waals surface area contributed by atoms with Gasteiger partial charge >= 0.3 is 0 Å². The van der Waals surface area contributed by atoms with Crippen molar-refractivity contribution in [2.45, 2.75) is 77.4 Å². The van der Waals surface area contributed by atoms with Crippen LogP contribution < -0.4 is 0 Å². The molecule has 5 aliphatic rings. The smallest absolute Gasteiger partial charge is 0.133 e. The maximum atomic E-state index is 12.2. The van der Waals surface area contributed by atoms with Crippen LogP contribution in [-0.4, -0.2) is 29.7 Å². The Kier molecular flexibility index (Phi) is 3.34. The maximum absolute atomic E-state index is 12.2. The molecule has 0 aromatic carbocycles. The van der Waals surface area contributed by atoms with E-state index in [9.17, 15) is 9.90 Å². The average molecular weight is 332 g/mol. The zero-order chi connectivity index (χ0) is 16.7. The van der Waals surface area contributed by atoms with Crippen molar-refractivity contribution in [2.24, 2.45) is 40.4 Å². The summed E-state index contributed by atoms with van der Waals surface area (Å²) in [4.78, 5) is 12.2. The fraction of sp³-hybridized carbons (Fsp3) is 0.952. The van der Waals surface area contributed by atoms with E-state index in [4.69, 9.17) is 4.74 Å². The van der Waals surface area contributed by atoms with Gasteiger partial charge in [-0.05, 0) is 87.4 Å². The molecule has 5 fully saturated rings. The van der Waals surface area contributed by atoms with Gasteiger partial charge in [0.25, 0.3) is 0 Å². The molecule has 4 saturated carbocycles. The molecule has 1 saturated heterocycles. The molecule has 0 unspecified atom stereocenters. The Morgan fingerprint density at radius 2 is 1.79 bits per heavy atom. The number of hydrogen-bond acceptors (Lipinski definition) is 3. The number of rotatable bonds is 1. The molecule has 0 aromatic rings. The van der Waals surface area contributed by atoms with E-state index >= 15 is 0 Å². The van der Waals surface area contributed by atoms with Crippen molar-refractivity contribution in [1.82, 2.24) is 0 Å². The van der Waals surface area contributed by atoms with Crippen molar-refractivity contribution in [3.05, 3.63) is 0 Å². The predicted octanol–water partition coefficient (Wildman–Crippen LogP) is 3.58. The Morgan fingerprint density at radius 1 is 1.00 bits per heavy atom. The summed E-state index contributed by atoms with van der Waals surface area (Å²) in [5.74, 6) is 3.64. The van der Waals surface area contributed by atoms with Gasteiger partial charge in [-0.25, -0.2) is 0 Å². The third-order valence-corrected chi connectivity index (χ3v) is 9.44. The van der Waals surface area contributed by atoms with Crippen molar-refractivity contribution < 1.29 is 14.6 Å². The van der Waals surface area contributed by atoms with Crippen LogP contribution in [0.2, 0.25) is 0 Å². The van der Waals surface area contributed by atoms with E-state index in [1.165, 1.54) is 32.1 Å². The first-order chi connectivity index (χ1) is 11.5. The molecule has 3 heteroatoms. The van der Waals surface area contributed by atoms with E-state index in [0.29, 0.717) is 23.0 Å². The van der Waals surface area contributed by atoms with Crippen LogP contribution >= 0.6 is 0 Å². The fourth-order valence-corrected chi connectivity index (χ4v) is 8.48. The minimum Gasteiger partial charge on any atom is -0.390 e. The summed E-state index contributed by atoms with van der Waals surface area (Å²) >= 11 is 0. The van der Waals surface area contributed by atoms with E-state index in [1.54, 1.807) is 0 Å². The van der Waals surface area contributed by atoms with Crippen LogP contribution in [0.4, 0.5) is 0 Å². The molecule has 0 radical (unpaired) electrons. The van der Waals surface area contributed by atoms with Crippen LogP contribution in [0, 0.1) is 40.4 Å². The molecule has 1 aliphatic heterocycles. The lowest BCUT2D eigenvalue weighted by Crippen LogP contribution is -2.56. The van der Waals surface area contributed by atoms with Gasteiger partial charge in [-0.3, -0.25) is 4.79 Å².